The molecular formula is C24H32ClN3O7S2. The van der Waals surface area contributed by atoms with Gasteiger partial charge in [0.2, 0.25) is 26.0 Å². The molecule has 1 aliphatic heterocycles. The van der Waals surface area contributed by atoms with Crippen LogP contribution in [0.25, 0.3) is 0 Å². The average Bonchev–Trinajstić information content (AvgIpc) is 3.40. The number of ether oxygens (including phenoxy) is 2. The molecule has 2 aromatic carbocycles. The maximum absolute atomic E-state index is 12.9. The molecule has 1 saturated heterocycles. The van der Waals surface area contributed by atoms with Crippen molar-refractivity contribution in [1.29, 1.82) is 0 Å². The van der Waals surface area contributed by atoms with Crippen molar-refractivity contribution in [3.63, 3.8) is 0 Å². The Balaban J connectivity index is 1.60. The quantitative estimate of drug-likeness (QED) is 0.387. The van der Waals surface area contributed by atoms with Crippen molar-refractivity contribution in [2.45, 2.75) is 37.1 Å². The van der Waals surface area contributed by atoms with Gasteiger partial charge in [0.15, 0.2) is 0 Å². The Kier molecular flexibility index (Phi) is 9.68. The molecule has 13 heteroatoms. The van der Waals surface area contributed by atoms with Gasteiger partial charge in [0.05, 0.1) is 35.5 Å². The number of rotatable bonds is 12. The van der Waals surface area contributed by atoms with Crippen LogP contribution in [0.3, 0.4) is 0 Å². The molecule has 0 spiro atoms. The van der Waals surface area contributed by atoms with E-state index in [1.807, 2.05) is 0 Å². The van der Waals surface area contributed by atoms with Crippen LogP contribution < -0.4 is 19.1 Å². The van der Waals surface area contributed by atoms with Crippen molar-refractivity contribution >= 4 is 43.2 Å². The van der Waals surface area contributed by atoms with E-state index in [1.165, 1.54) is 41.7 Å². The Morgan fingerprint density at radius 2 is 1.76 bits per heavy atom. The van der Waals surface area contributed by atoms with Crippen LogP contribution in [0.4, 0.5) is 5.69 Å². The molecule has 1 amide bonds. The third-order valence-corrected chi connectivity index (χ3v) is 9.30. The van der Waals surface area contributed by atoms with Gasteiger partial charge in [-0.05, 0) is 61.7 Å². The van der Waals surface area contributed by atoms with Crippen molar-refractivity contribution < 1.29 is 31.1 Å². The number of methoxy groups -OCH3 is 1. The summed E-state index contributed by atoms with van der Waals surface area (Å²) in [5.41, 5.74) is 0.246. The molecule has 1 heterocycles. The molecule has 204 valence electrons. The Labute approximate surface area is 223 Å². The number of hydrogen-bond donors (Lipinski definition) is 1. The molecule has 1 atom stereocenters. The first-order chi connectivity index (χ1) is 17.5. The van der Waals surface area contributed by atoms with E-state index in [1.54, 1.807) is 19.1 Å². The maximum atomic E-state index is 12.9. The molecule has 0 bridgehead atoms. The van der Waals surface area contributed by atoms with Gasteiger partial charge in [-0.2, -0.15) is 4.31 Å². The predicted octanol–water partition coefficient (Wildman–Crippen LogP) is 2.87. The zero-order chi connectivity index (χ0) is 27.2. The molecule has 2 aromatic rings. The Morgan fingerprint density at radius 1 is 1.11 bits per heavy atom. The van der Waals surface area contributed by atoms with E-state index in [4.69, 9.17) is 21.1 Å². The summed E-state index contributed by atoms with van der Waals surface area (Å²) in [6, 6.07) is 9.63. The minimum atomic E-state index is -3.82. The number of halogens is 1. The fraction of sp³-hybridized carbons (Fsp3) is 0.458. The van der Waals surface area contributed by atoms with Crippen LogP contribution in [0.1, 0.15) is 26.2 Å². The van der Waals surface area contributed by atoms with Crippen LogP contribution in [0, 0.1) is 0 Å². The fourth-order valence-electron chi connectivity index (χ4n) is 4.10. The zero-order valence-corrected chi connectivity index (χ0v) is 23.4. The molecule has 1 aliphatic rings. The number of hydrogen-bond acceptors (Lipinski definition) is 7. The summed E-state index contributed by atoms with van der Waals surface area (Å²) in [4.78, 5) is 13.1. The summed E-state index contributed by atoms with van der Waals surface area (Å²) in [7, 11) is -5.87. The number of amides is 1. The first kappa shape index (κ1) is 29.0. The number of nitrogens with zero attached hydrogens (tertiary/aromatic N) is 2. The Bertz CT molecular complexity index is 1300. The van der Waals surface area contributed by atoms with E-state index in [0.29, 0.717) is 24.6 Å². The van der Waals surface area contributed by atoms with E-state index in [-0.39, 0.29) is 35.2 Å². The highest BCUT2D eigenvalue weighted by Gasteiger charge is 2.32. The fourth-order valence-corrected chi connectivity index (χ4v) is 7.07. The predicted molar refractivity (Wildman–Crippen MR) is 142 cm³/mol. The SMILES string of the molecule is CC[C@H](C(=O)NCCOc1ccc(S(=O)(=O)N2CCCC2)cc1)N(c1ccc(OC)c(Cl)c1)S(C)(=O)=O. The molecule has 3 rings (SSSR count). The van der Waals surface area contributed by atoms with Gasteiger partial charge < -0.3 is 14.8 Å². The lowest BCUT2D eigenvalue weighted by Gasteiger charge is -2.30. The monoisotopic (exact) mass is 573 g/mol. The van der Waals surface area contributed by atoms with Crippen molar-refractivity contribution in [2.75, 3.05) is 43.9 Å². The van der Waals surface area contributed by atoms with Gasteiger partial charge in [-0.15, -0.1) is 0 Å². The highest BCUT2D eigenvalue weighted by atomic mass is 35.5. The molecule has 1 N–H and O–H groups in total. The highest BCUT2D eigenvalue weighted by Crippen LogP contribution is 2.32. The van der Waals surface area contributed by atoms with E-state index in [0.717, 1.165) is 23.4 Å². The maximum Gasteiger partial charge on any atom is 0.244 e. The number of sulfonamides is 2. The third kappa shape index (κ3) is 7.07. The second kappa shape index (κ2) is 12.3. The molecule has 0 saturated carbocycles. The molecular weight excluding hydrogens is 542 g/mol. The summed E-state index contributed by atoms with van der Waals surface area (Å²) >= 11 is 6.18. The number of carbonyl (C=O) groups is 1. The van der Waals surface area contributed by atoms with Gasteiger partial charge in [0.25, 0.3) is 0 Å². The van der Waals surface area contributed by atoms with E-state index >= 15 is 0 Å². The molecule has 1 fully saturated rings. The standard InChI is InChI=1S/C24H32ClN3O7S2/c1-4-22(28(36(3,30)31)18-7-12-23(34-2)21(25)17-18)24(29)26-13-16-35-19-8-10-20(11-9-19)37(32,33)27-14-5-6-15-27/h7-12,17,22H,4-6,13-16H2,1-3H3,(H,26,29)/t22-/m1/s1. The lowest BCUT2D eigenvalue weighted by Crippen LogP contribution is -2.50. The minimum absolute atomic E-state index is 0.105. The first-order valence-electron chi connectivity index (χ1n) is 11.8. The lowest BCUT2D eigenvalue weighted by atomic mass is 10.2. The summed E-state index contributed by atoms with van der Waals surface area (Å²) in [6.45, 7) is 2.99. The molecule has 0 unspecified atom stereocenters. The third-order valence-electron chi connectivity index (χ3n) is 5.92. The largest absolute Gasteiger partial charge is 0.495 e. The van der Waals surface area contributed by atoms with Crippen LogP contribution in [-0.4, -0.2) is 72.7 Å². The lowest BCUT2D eigenvalue weighted by molar-refractivity contribution is -0.122. The second-order valence-corrected chi connectivity index (χ2v) is 12.7. The van der Waals surface area contributed by atoms with E-state index in [9.17, 15) is 21.6 Å². The summed E-state index contributed by atoms with van der Waals surface area (Å²) in [5, 5.41) is 2.92. The van der Waals surface area contributed by atoms with Crippen LogP contribution in [0.5, 0.6) is 11.5 Å². The van der Waals surface area contributed by atoms with Gasteiger partial charge in [-0.3, -0.25) is 9.10 Å². The summed E-state index contributed by atoms with van der Waals surface area (Å²) in [6.07, 6.45) is 2.97. The molecule has 0 aliphatic carbocycles. The highest BCUT2D eigenvalue weighted by molar-refractivity contribution is 7.92. The zero-order valence-electron chi connectivity index (χ0n) is 21.0. The van der Waals surface area contributed by atoms with Crippen molar-refractivity contribution in [1.82, 2.24) is 9.62 Å². The minimum Gasteiger partial charge on any atom is -0.495 e. The number of carbonyl (C=O) groups excluding carboxylic acids is 1. The van der Waals surface area contributed by atoms with Crippen LogP contribution >= 0.6 is 11.6 Å². The smallest absolute Gasteiger partial charge is 0.244 e. The first-order valence-corrected chi connectivity index (χ1v) is 15.5. The van der Waals surface area contributed by atoms with Gasteiger partial charge in [0, 0.05) is 13.1 Å². The van der Waals surface area contributed by atoms with Crippen molar-refractivity contribution in [2.24, 2.45) is 0 Å². The topological polar surface area (TPSA) is 122 Å². The summed E-state index contributed by atoms with van der Waals surface area (Å²) < 4.78 is 63.7. The van der Waals surface area contributed by atoms with Gasteiger partial charge in [0.1, 0.15) is 24.1 Å². The van der Waals surface area contributed by atoms with Gasteiger partial charge in [-0.25, -0.2) is 16.8 Å². The van der Waals surface area contributed by atoms with Gasteiger partial charge in [-0.1, -0.05) is 18.5 Å². The average molecular weight is 574 g/mol. The van der Waals surface area contributed by atoms with Crippen molar-refractivity contribution in [3.05, 3.63) is 47.5 Å². The van der Waals surface area contributed by atoms with E-state index < -0.39 is 32.0 Å². The Morgan fingerprint density at radius 3 is 2.30 bits per heavy atom. The number of nitrogens with one attached hydrogen (secondary N) is 1. The molecule has 0 radical (unpaired) electrons. The van der Waals surface area contributed by atoms with Crippen molar-refractivity contribution in [3.8, 4) is 11.5 Å². The number of anilines is 1. The summed E-state index contributed by atoms with van der Waals surface area (Å²) in [5.74, 6) is 0.345. The van der Waals surface area contributed by atoms with Gasteiger partial charge >= 0.3 is 0 Å². The van der Waals surface area contributed by atoms with Crippen LogP contribution in [0.15, 0.2) is 47.4 Å². The molecule has 0 aromatic heterocycles. The molecule has 37 heavy (non-hydrogen) atoms. The Hall–Kier alpha value is -2.54. The normalized spacial score (nSPS) is 15.2. The van der Waals surface area contributed by atoms with Crippen LogP contribution in [-0.2, 0) is 24.8 Å². The molecule has 10 nitrogen and oxygen atoms in total. The van der Waals surface area contributed by atoms with Crippen LogP contribution in [0.2, 0.25) is 5.02 Å². The van der Waals surface area contributed by atoms with E-state index in [2.05, 4.69) is 5.32 Å². The second-order valence-electron chi connectivity index (χ2n) is 8.52. The number of benzene rings is 2.